The van der Waals surface area contributed by atoms with Crippen LogP contribution >= 0.6 is 0 Å². The fraction of sp³-hybridized carbons (Fsp3) is 0.769. The van der Waals surface area contributed by atoms with Crippen LogP contribution in [0.4, 0.5) is 5.82 Å². The molecule has 0 fully saturated rings. The van der Waals surface area contributed by atoms with Crippen LogP contribution in [0.15, 0.2) is 0 Å². The molecule has 0 unspecified atom stereocenters. The average Bonchev–Trinajstić information content (AvgIpc) is 2.57. The summed E-state index contributed by atoms with van der Waals surface area (Å²) in [6, 6.07) is 0. The molecule has 0 bridgehead atoms. The molecule has 17 heavy (non-hydrogen) atoms. The van der Waals surface area contributed by atoms with Gasteiger partial charge in [0.05, 0.1) is 5.69 Å². The molecule has 1 N–H and O–H groups in total. The lowest BCUT2D eigenvalue weighted by atomic mass is 10.2. The SMILES string of the molecule is CCCCN(CC)c1c(CNC)c(C)nn1C. The molecule has 98 valence electrons. The fourth-order valence-corrected chi connectivity index (χ4v) is 2.23. The van der Waals surface area contributed by atoms with Gasteiger partial charge in [0.15, 0.2) is 0 Å². The van der Waals surface area contributed by atoms with Crippen LogP contribution in [0.3, 0.4) is 0 Å². The number of hydrogen-bond donors (Lipinski definition) is 1. The second-order valence-corrected chi connectivity index (χ2v) is 4.47. The molecular weight excluding hydrogens is 212 g/mol. The highest BCUT2D eigenvalue weighted by Crippen LogP contribution is 2.23. The number of nitrogens with one attached hydrogen (secondary N) is 1. The van der Waals surface area contributed by atoms with E-state index in [0.717, 1.165) is 25.3 Å². The van der Waals surface area contributed by atoms with E-state index in [4.69, 9.17) is 0 Å². The fourth-order valence-electron chi connectivity index (χ4n) is 2.23. The predicted molar refractivity (Wildman–Crippen MR) is 73.5 cm³/mol. The van der Waals surface area contributed by atoms with Crippen molar-refractivity contribution in [2.45, 2.75) is 40.2 Å². The zero-order valence-corrected chi connectivity index (χ0v) is 11.9. The highest BCUT2D eigenvalue weighted by Gasteiger charge is 2.17. The Labute approximate surface area is 105 Å². The predicted octanol–water partition coefficient (Wildman–Crippen LogP) is 2.07. The van der Waals surface area contributed by atoms with Gasteiger partial charge in [-0.15, -0.1) is 0 Å². The molecule has 0 saturated heterocycles. The summed E-state index contributed by atoms with van der Waals surface area (Å²) in [4.78, 5) is 2.43. The summed E-state index contributed by atoms with van der Waals surface area (Å²) in [6.07, 6.45) is 2.46. The Hall–Kier alpha value is -1.03. The zero-order chi connectivity index (χ0) is 12.8. The molecule has 0 aliphatic heterocycles. The van der Waals surface area contributed by atoms with Crippen molar-refractivity contribution in [2.24, 2.45) is 7.05 Å². The third-order valence-electron chi connectivity index (χ3n) is 3.13. The highest BCUT2D eigenvalue weighted by atomic mass is 15.4. The summed E-state index contributed by atoms with van der Waals surface area (Å²) >= 11 is 0. The number of rotatable bonds is 7. The largest absolute Gasteiger partial charge is 0.357 e. The van der Waals surface area contributed by atoms with Crippen LogP contribution in [0.2, 0.25) is 0 Å². The standard InChI is InChI=1S/C13H26N4/c1-6-8-9-17(7-2)13-12(10-14-4)11(3)15-16(13)5/h14H,6-10H2,1-5H3. The molecule has 1 aromatic rings. The van der Waals surface area contributed by atoms with Crippen molar-refractivity contribution < 1.29 is 0 Å². The molecular formula is C13H26N4. The number of aryl methyl sites for hydroxylation is 2. The summed E-state index contributed by atoms with van der Waals surface area (Å²) in [5, 5.41) is 7.78. The maximum atomic E-state index is 4.54. The third-order valence-corrected chi connectivity index (χ3v) is 3.13. The van der Waals surface area contributed by atoms with Crippen molar-refractivity contribution in [3.63, 3.8) is 0 Å². The van der Waals surface area contributed by atoms with Gasteiger partial charge in [-0.3, -0.25) is 4.68 Å². The number of hydrogen-bond acceptors (Lipinski definition) is 3. The van der Waals surface area contributed by atoms with Gasteiger partial charge >= 0.3 is 0 Å². The van der Waals surface area contributed by atoms with Crippen molar-refractivity contribution in [2.75, 3.05) is 25.0 Å². The van der Waals surface area contributed by atoms with E-state index in [1.54, 1.807) is 0 Å². The van der Waals surface area contributed by atoms with Gasteiger partial charge < -0.3 is 10.2 Å². The van der Waals surface area contributed by atoms with Crippen molar-refractivity contribution in [1.29, 1.82) is 0 Å². The molecule has 0 amide bonds. The minimum absolute atomic E-state index is 0.887. The van der Waals surface area contributed by atoms with Crippen LogP contribution in [0.1, 0.15) is 37.9 Å². The quantitative estimate of drug-likeness (QED) is 0.789. The summed E-state index contributed by atoms with van der Waals surface area (Å²) in [5.74, 6) is 1.27. The van der Waals surface area contributed by atoms with E-state index in [-0.39, 0.29) is 0 Å². The maximum absolute atomic E-state index is 4.54. The van der Waals surface area contributed by atoms with Gasteiger partial charge in [-0.05, 0) is 27.3 Å². The first-order chi connectivity index (χ1) is 8.15. The van der Waals surface area contributed by atoms with E-state index in [0.29, 0.717) is 0 Å². The Bertz CT molecular complexity index is 343. The van der Waals surface area contributed by atoms with Crippen LogP contribution < -0.4 is 10.2 Å². The van der Waals surface area contributed by atoms with Crippen LogP contribution in [0, 0.1) is 6.92 Å². The molecule has 0 aliphatic carbocycles. The Morgan fingerprint density at radius 2 is 2.06 bits per heavy atom. The second-order valence-electron chi connectivity index (χ2n) is 4.47. The van der Waals surface area contributed by atoms with E-state index in [9.17, 15) is 0 Å². The van der Waals surface area contributed by atoms with Gasteiger partial charge in [0.2, 0.25) is 0 Å². The Balaban J connectivity index is 2.99. The van der Waals surface area contributed by atoms with Gasteiger partial charge in [0, 0.05) is 32.2 Å². The molecule has 0 saturated carbocycles. The molecule has 1 aromatic heterocycles. The zero-order valence-electron chi connectivity index (χ0n) is 11.9. The smallest absolute Gasteiger partial charge is 0.131 e. The van der Waals surface area contributed by atoms with Crippen molar-refractivity contribution in [3.8, 4) is 0 Å². The van der Waals surface area contributed by atoms with E-state index in [1.165, 1.54) is 24.2 Å². The van der Waals surface area contributed by atoms with Crippen molar-refractivity contribution in [3.05, 3.63) is 11.3 Å². The normalized spacial score (nSPS) is 10.9. The molecule has 0 atom stereocenters. The monoisotopic (exact) mass is 238 g/mol. The highest BCUT2D eigenvalue weighted by molar-refractivity contribution is 5.50. The Morgan fingerprint density at radius 3 is 2.59 bits per heavy atom. The van der Waals surface area contributed by atoms with E-state index in [2.05, 4.69) is 36.1 Å². The van der Waals surface area contributed by atoms with E-state index in [1.807, 2.05) is 18.8 Å². The molecule has 0 aliphatic rings. The van der Waals surface area contributed by atoms with Gasteiger partial charge in [-0.1, -0.05) is 13.3 Å². The first-order valence-corrected chi connectivity index (χ1v) is 6.57. The lowest BCUT2D eigenvalue weighted by molar-refractivity contribution is 0.673. The molecule has 0 aromatic carbocycles. The molecule has 1 rings (SSSR count). The molecule has 4 nitrogen and oxygen atoms in total. The molecule has 0 spiro atoms. The lowest BCUT2D eigenvalue weighted by Crippen LogP contribution is -2.27. The van der Waals surface area contributed by atoms with E-state index < -0.39 is 0 Å². The minimum Gasteiger partial charge on any atom is -0.357 e. The topological polar surface area (TPSA) is 33.1 Å². The molecule has 0 radical (unpaired) electrons. The Kier molecular flexibility index (Phi) is 5.48. The second kappa shape index (κ2) is 6.64. The van der Waals surface area contributed by atoms with Crippen LogP contribution in [-0.4, -0.2) is 29.9 Å². The van der Waals surface area contributed by atoms with Crippen LogP contribution in [0.5, 0.6) is 0 Å². The number of anilines is 1. The minimum atomic E-state index is 0.887. The van der Waals surface area contributed by atoms with Gasteiger partial charge in [-0.25, -0.2) is 0 Å². The summed E-state index contributed by atoms with van der Waals surface area (Å²) < 4.78 is 2.02. The van der Waals surface area contributed by atoms with Gasteiger partial charge in [0.25, 0.3) is 0 Å². The first kappa shape index (κ1) is 14.0. The summed E-state index contributed by atoms with van der Waals surface area (Å²) in [6.45, 7) is 9.57. The van der Waals surface area contributed by atoms with Gasteiger partial charge in [-0.2, -0.15) is 5.10 Å². The lowest BCUT2D eigenvalue weighted by Gasteiger charge is -2.24. The number of aromatic nitrogens is 2. The molecule has 4 heteroatoms. The summed E-state index contributed by atoms with van der Waals surface area (Å²) in [7, 11) is 4.02. The number of nitrogens with zero attached hydrogens (tertiary/aromatic N) is 3. The maximum Gasteiger partial charge on any atom is 0.131 e. The summed E-state index contributed by atoms with van der Waals surface area (Å²) in [5.41, 5.74) is 2.46. The van der Waals surface area contributed by atoms with Crippen LogP contribution in [0.25, 0.3) is 0 Å². The average molecular weight is 238 g/mol. The van der Waals surface area contributed by atoms with Crippen LogP contribution in [-0.2, 0) is 13.6 Å². The van der Waals surface area contributed by atoms with Crippen molar-refractivity contribution >= 4 is 5.82 Å². The molecule has 1 heterocycles. The van der Waals surface area contributed by atoms with Gasteiger partial charge in [0.1, 0.15) is 5.82 Å². The number of unbranched alkanes of at least 4 members (excludes halogenated alkanes) is 1. The third kappa shape index (κ3) is 3.22. The van der Waals surface area contributed by atoms with E-state index >= 15 is 0 Å². The first-order valence-electron chi connectivity index (χ1n) is 6.57. The Morgan fingerprint density at radius 1 is 1.35 bits per heavy atom. The van der Waals surface area contributed by atoms with Crippen molar-refractivity contribution in [1.82, 2.24) is 15.1 Å².